The minimum absolute atomic E-state index is 0.141. The van der Waals surface area contributed by atoms with Crippen molar-refractivity contribution >= 4 is 5.91 Å². The van der Waals surface area contributed by atoms with Crippen molar-refractivity contribution in [1.82, 2.24) is 10.6 Å². The van der Waals surface area contributed by atoms with Crippen LogP contribution in [0.5, 0.6) is 0 Å². The summed E-state index contributed by atoms with van der Waals surface area (Å²) in [7, 11) is 0. The molecule has 0 aromatic carbocycles. The number of rotatable bonds is 0. The molecule has 1 atom stereocenters. The van der Waals surface area contributed by atoms with E-state index in [0.717, 1.165) is 6.54 Å². The maximum Gasteiger partial charge on any atom is 0.222 e. The van der Waals surface area contributed by atoms with E-state index in [1.165, 1.54) is 32.1 Å². The molecule has 2 spiro atoms. The molecular formula is C10H16N2O. The van der Waals surface area contributed by atoms with Crippen LogP contribution in [0, 0.1) is 0 Å². The molecule has 3 rings (SSSR count). The maximum absolute atomic E-state index is 11.4. The molecule has 0 aromatic rings. The lowest BCUT2D eigenvalue weighted by Gasteiger charge is -2.39. The van der Waals surface area contributed by atoms with Gasteiger partial charge in [-0.2, -0.15) is 0 Å². The summed E-state index contributed by atoms with van der Waals surface area (Å²) in [6.45, 7) is 1.09. The zero-order valence-electron chi connectivity index (χ0n) is 7.86. The Morgan fingerprint density at radius 1 is 1.08 bits per heavy atom. The van der Waals surface area contributed by atoms with Gasteiger partial charge in [0.05, 0.1) is 11.1 Å². The van der Waals surface area contributed by atoms with Crippen LogP contribution in [0.15, 0.2) is 0 Å². The molecule has 2 saturated heterocycles. The molecule has 2 heterocycles. The smallest absolute Gasteiger partial charge is 0.222 e. The van der Waals surface area contributed by atoms with Crippen molar-refractivity contribution in [2.45, 2.75) is 49.6 Å². The minimum atomic E-state index is 0.141. The third kappa shape index (κ3) is 0.909. The largest absolute Gasteiger partial charge is 0.349 e. The Morgan fingerprint density at radius 3 is 2.54 bits per heavy atom. The van der Waals surface area contributed by atoms with Crippen molar-refractivity contribution in [1.29, 1.82) is 0 Å². The summed E-state index contributed by atoms with van der Waals surface area (Å²) >= 11 is 0. The Hall–Kier alpha value is -0.570. The molecule has 3 nitrogen and oxygen atoms in total. The molecular weight excluding hydrogens is 164 g/mol. The van der Waals surface area contributed by atoms with Gasteiger partial charge in [0.1, 0.15) is 0 Å². The monoisotopic (exact) mass is 180 g/mol. The van der Waals surface area contributed by atoms with Crippen molar-refractivity contribution in [3.63, 3.8) is 0 Å². The molecule has 3 aliphatic rings. The minimum Gasteiger partial charge on any atom is -0.349 e. The molecule has 3 heteroatoms. The number of piperidine rings is 1. The van der Waals surface area contributed by atoms with Gasteiger partial charge in [0.15, 0.2) is 0 Å². The Bertz CT molecular complexity index is 252. The number of fused-ring (bicyclic) bond motifs is 1. The molecule has 2 aliphatic heterocycles. The van der Waals surface area contributed by atoms with Gasteiger partial charge in [-0.1, -0.05) is 6.42 Å². The molecule has 1 amide bonds. The van der Waals surface area contributed by atoms with E-state index in [1.54, 1.807) is 0 Å². The van der Waals surface area contributed by atoms with Gasteiger partial charge in [-0.15, -0.1) is 0 Å². The second-order valence-corrected chi connectivity index (χ2v) is 4.77. The zero-order chi connectivity index (χ0) is 8.94. The summed E-state index contributed by atoms with van der Waals surface area (Å²) in [6, 6.07) is 0. The molecule has 1 unspecified atom stereocenters. The van der Waals surface area contributed by atoms with E-state index in [0.29, 0.717) is 6.42 Å². The molecule has 3 fully saturated rings. The van der Waals surface area contributed by atoms with Crippen LogP contribution < -0.4 is 10.6 Å². The predicted molar refractivity (Wildman–Crippen MR) is 49.3 cm³/mol. The quantitative estimate of drug-likeness (QED) is 0.571. The van der Waals surface area contributed by atoms with Crippen LogP contribution in [-0.4, -0.2) is 23.5 Å². The van der Waals surface area contributed by atoms with Crippen molar-refractivity contribution < 1.29 is 4.79 Å². The number of carbonyl (C=O) groups excluding carboxylic acids is 1. The Labute approximate surface area is 78.3 Å². The highest BCUT2D eigenvalue weighted by Crippen LogP contribution is 2.52. The predicted octanol–water partition coefficient (Wildman–Crippen LogP) is 0.551. The van der Waals surface area contributed by atoms with Crippen molar-refractivity contribution in [3.8, 4) is 0 Å². The van der Waals surface area contributed by atoms with Gasteiger partial charge in [0.25, 0.3) is 0 Å². The molecule has 0 bridgehead atoms. The van der Waals surface area contributed by atoms with E-state index in [9.17, 15) is 4.79 Å². The average Bonchev–Trinajstić information content (AvgIpc) is 2.82. The number of amides is 1. The van der Waals surface area contributed by atoms with E-state index in [2.05, 4.69) is 10.6 Å². The topological polar surface area (TPSA) is 41.1 Å². The summed E-state index contributed by atoms with van der Waals surface area (Å²) in [6.07, 6.45) is 6.83. The van der Waals surface area contributed by atoms with Crippen LogP contribution in [-0.2, 0) is 4.79 Å². The number of nitrogens with one attached hydrogen (secondary N) is 2. The van der Waals surface area contributed by atoms with Crippen LogP contribution in [0.25, 0.3) is 0 Å². The number of hydrogen-bond acceptors (Lipinski definition) is 2. The molecule has 0 radical (unpaired) electrons. The lowest BCUT2D eigenvalue weighted by molar-refractivity contribution is -0.119. The van der Waals surface area contributed by atoms with Gasteiger partial charge in [0, 0.05) is 6.42 Å². The average molecular weight is 180 g/mol. The number of carbonyl (C=O) groups is 1. The fraction of sp³-hybridized carbons (Fsp3) is 0.900. The Kier molecular flexibility index (Phi) is 1.36. The first-order chi connectivity index (χ1) is 6.27. The SMILES string of the molecule is O=C1CC2(CCCCN2)C2(CC2)N1. The normalized spacial score (nSPS) is 41.1. The van der Waals surface area contributed by atoms with E-state index in [4.69, 9.17) is 0 Å². The van der Waals surface area contributed by atoms with E-state index in [-0.39, 0.29) is 17.0 Å². The maximum atomic E-state index is 11.4. The standard InChI is InChI=1S/C10H16N2O/c13-8-7-10(3-1-2-6-11-10)9(12-8)4-5-9/h11H,1-7H2,(H,12,13). The molecule has 2 N–H and O–H groups in total. The summed E-state index contributed by atoms with van der Waals surface area (Å²) in [4.78, 5) is 11.4. The van der Waals surface area contributed by atoms with Crippen LogP contribution in [0.4, 0.5) is 0 Å². The van der Waals surface area contributed by atoms with Crippen LogP contribution in [0.3, 0.4) is 0 Å². The lowest BCUT2D eigenvalue weighted by atomic mass is 9.80. The third-order valence-corrected chi connectivity index (χ3v) is 4.00. The van der Waals surface area contributed by atoms with Crippen LogP contribution in [0.2, 0.25) is 0 Å². The molecule has 13 heavy (non-hydrogen) atoms. The van der Waals surface area contributed by atoms with Crippen molar-refractivity contribution in [2.75, 3.05) is 6.54 Å². The van der Waals surface area contributed by atoms with Gasteiger partial charge >= 0.3 is 0 Å². The molecule has 0 aromatic heterocycles. The van der Waals surface area contributed by atoms with E-state index >= 15 is 0 Å². The van der Waals surface area contributed by atoms with Crippen molar-refractivity contribution in [3.05, 3.63) is 0 Å². The first-order valence-corrected chi connectivity index (χ1v) is 5.33. The molecule has 1 aliphatic carbocycles. The summed E-state index contributed by atoms with van der Waals surface area (Å²) in [5.41, 5.74) is 0.312. The highest BCUT2D eigenvalue weighted by molar-refractivity contribution is 5.83. The van der Waals surface area contributed by atoms with Crippen molar-refractivity contribution in [2.24, 2.45) is 0 Å². The van der Waals surface area contributed by atoms with E-state index < -0.39 is 0 Å². The molecule has 72 valence electrons. The summed E-state index contributed by atoms with van der Waals surface area (Å²) in [5.74, 6) is 0.256. The zero-order valence-corrected chi connectivity index (χ0v) is 7.86. The lowest BCUT2D eigenvalue weighted by Crippen LogP contribution is -2.58. The third-order valence-electron chi connectivity index (χ3n) is 4.00. The van der Waals surface area contributed by atoms with Crippen LogP contribution in [0.1, 0.15) is 38.5 Å². The second kappa shape index (κ2) is 2.27. The summed E-state index contributed by atoms with van der Waals surface area (Å²) < 4.78 is 0. The van der Waals surface area contributed by atoms with E-state index in [1.807, 2.05) is 0 Å². The first-order valence-electron chi connectivity index (χ1n) is 5.33. The van der Waals surface area contributed by atoms with Gasteiger partial charge in [-0.05, 0) is 32.2 Å². The summed E-state index contributed by atoms with van der Waals surface area (Å²) in [5, 5.41) is 6.76. The second-order valence-electron chi connectivity index (χ2n) is 4.77. The number of hydrogen-bond donors (Lipinski definition) is 2. The Morgan fingerprint density at radius 2 is 1.92 bits per heavy atom. The molecule has 1 saturated carbocycles. The highest BCUT2D eigenvalue weighted by Gasteiger charge is 2.64. The Balaban J connectivity index is 1.91. The van der Waals surface area contributed by atoms with Gasteiger partial charge in [0.2, 0.25) is 5.91 Å². The first kappa shape index (κ1) is 7.80. The van der Waals surface area contributed by atoms with Gasteiger partial charge in [-0.25, -0.2) is 0 Å². The van der Waals surface area contributed by atoms with Gasteiger partial charge < -0.3 is 10.6 Å². The fourth-order valence-corrected chi connectivity index (χ4v) is 3.13. The van der Waals surface area contributed by atoms with Crippen LogP contribution >= 0.6 is 0 Å². The van der Waals surface area contributed by atoms with Gasteiger partial charge in [-0.3, -0.25) is 4.79 Å². The fourth-order valence-electron chi connectivity index (χ4n) is 3.13. The highest BCUT2D eigenvalue weighted by atomic mass is 16.2.